The molecule has 0 saturated carbocycles. The summed E-state index contributed by atoms with van der Waals surface area (Å²) in [6.07, 6.45) is -3.82. The molecule has 6 atom stereocenters. The van der Waals surface area contributed by atoms with Crippen LogP contribution in [-0.4, -0.2) is 78.5 Å². The predicted molar refractivity (Wildman–Crippen MR) is 101 cm³/mol. The minimum Gasteiger partial charge on any atom is -0.457 e. The van der Waals surface area contributed by atoms with Crippen molar-refractivity contribution in [3.8, 4) is 0 Å². The largest absolute Gasteiger partial charge is 0.457 e. The van der Waals surface area contributed by atoms with E-state index >= 15 is 0 Å². The molecule has 0 amide bonds. The van der Waals surface area contributed by atoms with Crippen LogP contribution in [-0.2, 0) is 38.2 Å². The summed E-state index contributed by atoms with van der Waals surface area (Å²) in [5.41, 5.74) is 5.78. The predicted octanol–water partition coefficient (Wildman–Crippen LogP) is -0.454. The lowest BCUT2D eigenvalue weighted by Gasteiger charge is -2.20. The molecule has 15 heteroatoms. The zero-order valence-corrected chi connectivity index (χ0v) is 17.7. The van der Waals surface area contributed by atoms with Gasteiger partial charge in [-0.05, 0) is 18.8 Å². The molecule has 0 spiro atoms. The molecule has 2 aliphatic rings. The Kier molecular flexibility index (Phi) is 9.34. The Morgan fingerprint density at radius 1 is 1.06 bits per heavy atom. The van der Waals surface area contributed by atoms with E-state index in [0.717, 1.165) is 0 Å². The summed E-state index contributed by atoms with van der Waals surface area (Å²) in [6.45, 7) is 3.08. The van der Waals surface area contributed by atoms with E-state index in [2.05, 4.69) is 9.68 Å². The van der Waals surface area contributed by atoms with E-state index in [0.29, 0.717) is 0 Å². The monoisotopic (exact) mass is 465 g/mol. The lowest BCUT2D eigenvalue weighted by Crippen LogP contribution is -2.42. The smallest absolute Gasteiger partial charge is 0.323 e. The van der Waals surface area contributed by atoms with Crippen molar-refractivity contribution in [1.29, 1.82) is 0 Å². The molecule has 2 heterocycles. The fourth-order valence-electron chi connectivity index (χ4n) is 3.27. The summed E-state index contributed by atoms with van der Waals surface area (Å²) in [5.74, 6) is -1.27. The number of carbonyl (C=O) groups is 2. The molecule has 2 fully saturated rings. The Labute approximate surface area is 182 Å². The number of carbonyl (C=O) groups excluding carboxylic acids is 2. The molecule has 2 aliphatic heterocycles. The molecular weight excluding hydrogens is 438 g/mol. The van der Waals surface area contributed by atoms with Gasteiger partial charge in [0.05, 0.1) is 13.2 Å². The highest BCUT2D eigenvalue weighted by molar-refractivity contribution is 5.76. The Balaban J connectivity index is 1.75. The average Bonchev–Trinajstić information content (AvgIpc) is 3.28. The van der Waals surface area contributed by atoms with Crippen LogP contribution in [0.4, 0.5) is 0 Å². The van der Waals surface area contributed by atoms with Crippen LogP contribution in [0.2, 0.25) is 0 Å². The molecule has 32 heavy (non-hydrogen) atoms. The minimum absolute atomic E-state index is 0.0399. The molecule has 182 valence electrons. The zero-order valence-electron chi connectivity index (χ0n) is 17.7. The van der Waals surface area contributed by atoms with Gasteiger partial charge in [-0.3, -0.25) is 9.59 Å². The van der Waals surface area contributed by atoms with Gasteiger partial charge in [0.15, 0.2) is 12.2 Å². The fraction of sp³-hybridized carbons (Fsp3) is 0.882. The van der Waals surface area contributed by atoms with Crippen LogP contribution in [0.1, 0.15) is 33.1 Å². The summed E-state index contributed by atoms with van der Waals surface area (Å²) >= 11 is 0. The van der Waals surface area contributed by atoms with Gasteiger partial charge in [0.1, 0.15) is 31.0 Å². The molecule has 0 aromatic rings. The number of nitrogens with two attached hydrogens (primary N) is 1. The van der Waals surface area contributed by atoms with Crippen molar-refractivity contribution >= 4 is 11.9 Å². The number of ether oxygens (including phenoxy) is 4. The van der Waals surface area contributed by atoms with Crippen LogP contribution < -0.4 is 5.73 Å². The Bertz CT molecular complexity index is 690. The molecule has 6 unspecified atom stereocenters. The second kappa shape index (κ2) is 11.7. The van der Waals surface area contributed by atoms with Crippen molar-refractivity contribution in [2.24, 2.45) is 11.7 Å². The minimum atomic E-state index is -1.20. The highest BCUT2D eigenvalue weighted by Crippen LogP contribution is 2.31. The van der Waals surface area contributed by atoms with Crippen LogP contribution in [0.5, 0.6) is 0 Å². The molecule has 0 aromatic heterocycles. The Morgan fingerprint density at radius 2 is 1.66 bits per heavy atom. The zero-order chi connectivity index (χ0) is 23.8. The third-order valence-electron chi connectivity index (χ3n) is 5.01. The maximum absolute atomic E-state index is 12.1. The molecule has 0 radical (unpaired) electrons. The third-order valence-corrected chi connectivity index (χ3v) is 5.01. The first-order valence-electron chi connectivity index (χ1n) is 10.1. The summed E-state index contributed by atoms with van der Waals surface area (Å²) in [5, 5.41) is 18.5. The summed E-state index contributed by atoms with van der Waals surface area (Å²) in [7, 11) is 0. The number of hydrogen-bond donors (Lipinski definition) is 1. The normalized spacial score (nSPS) is 26.1. The number of hydrogen-bond acceptors (Lipinski definition) is 13. The molecule has 2 rings (SSSR count). The van der Waals surface area contributed by atoms with Crippen molar-refractivity contribution < 1.29 is 48.4 Å². The molecule has 0 bridgehead atoms. The standard InChI is InChI=1S/C17H27N3O12/c1-9(2)14(18)17(22)31-12-8-28-15-11(7-27-16(12)15)30-13(21)5-3-4-10(32-20(25)26)6-29-19(23)24/h9-12,14-16H,3-8,18H2,1-2H3. The van der Waals surface area contributed by atoms with Gasteiger partial charge in [0, 0.05) is 6.42 Å². The van der Waals surface area contributed by atoms with Gasteiger partial charge in [-0.15, -0.1) is 20.2 Å². The first-order valence-corrected chi connectivity index (χ1v) is 10.1. The summed E-state index contributed by atoms with van der Waals surface area (Å²) in [6, 6.07) is -0.775. The third kappa shape index (κ3) is 7.42. The van der Waals surface area contributed by atoms with E-state index in [4.69, 9.17) is 24.7 Å². The second-order valence-electron chi connectivity index (χ2n) is 7.73. The van der Waals surface area contributed by atoms with Gasteiger partial charge in [0.25, 0.3) is 10.2 Å². The van der Waals surface area contributed by atoms with Crippen LogP contribution in [0, 0.1) is 26.1 Å². The van der Waals surface area contributed by atoms with E-state index in [9.17, 15) is 29.8 Å². The number of fused-ring (bicyclic) bond motifs is 1. The van der Waals surface area contributed by atoms with Crippen LogP contribution in [0.3, 0.4) is 0 Å². The highest BCUT2D eigenvalue weighted by atomic mass is 17.0. The van der Waals surface area contributed by atoms with Gasteiger partial charge in [-0.2, -0.15) is 0 Å². The fourth-order valence-corrected chi connectivity index (χ4v) is 3.27. The number of rotatable bonds is 13. The SMILES string of the molecule is CC(C)C(N)C(=O)OC1COC2C(OC(=O)CCCC(CO[N+](=O)[O-])O[N+](=O)[O-])COC12. The quantitative estimate of drug-likeness (QED) is 0.208. The summed E-state index contributed by atoms with van der Waals surface area (Å²) in [4.78, 5) is 53.3. The Hall–Kier alpha value is -2.78. The Morgan fingerprint density at radius 3 is 2.19 bits per heavy atom. The molecule has 15 nitrogen and oxygen atoms in total. The molecular formula is C17H27N3O12. The van der Waals surface area contributed by atoms with Crippen LogP contribution in [0.15, 0.2) is 0 Å². The van der Waals surface area contributed by atoms with Gasteiger partial charge in [-0.1, -0.05) is 13.8 Å². The van der Waals surface area contributed by atoms with Crippen molar-refractivity contribution in [1.82, 2.24) is 0 Å². The average molecular weight is 465 g/mol. The first kappa shape index (κ1) is 25.5. The molecule has 2 saturated heterocycles. The van der Waals surface area contributed by atoms with E-state index in [1.165, 1.54) is 0 Å². The molecule has 0 aromatic carbocycles. The van der Waals surface area contributed by atoms with Gasteiger partial charge < -0.3 is 34.4 Å². The van der Waals surface area contributed by atoms with Crippen molar-refractivity contribution in [2.75, 3.05) is 19.8 Å². The number of nitrogens with zero attached hydrogens (tertiary/aromatic N) is 2. The van der Waals surface area contributed by atoms with Crippen LogP contribution in [0.25, 0.3) is 0 Å². The number of esters is 2. The van der Waals surface area contributed by atoms with E-state index in [1.807, 2.05) is 0 Å². The van der Waals surface area contributed by atoms with E-state index in [-0.39, 0.29) is 38.4 Å². The van der Waals surface area contributed by atoms with Crippen molar-refractivity contribution in [3.63, 3.8) is 0 Å². The van der Waals surface area contributed by atoms with Crippen molar-refractivity contribution in [3.05, 3.63) is 20.2 Å². The molecule has 0 aliphatic carbocycles. The first-order chi connectivity index (χ1) is 15.1. The second-order valence-corrected chi connectivity index (χ2v) is 7.73. The molecule has 2 N–H and O–H groups in total. The van der Waals surface area contributed by atoms with Gasteiger partial charge in [0.2, 0.25) is 0 Å². The highest BCUT2D eigenvalue weighted by Gasteiger charge is 2.51. The van der Waals surface area contributed by atoms with Gasteiger partial charge >= 0.3 is 11.9 Å². The maximum atomic E-state index is 12.1. The van der Waals surface area contributed by atoms with E-state index < -0.39 is 65.3 Å². The summed E-state index contributed by atoms with van der Waals surface area (Å²) < 4.78 is 21.9. The topological polar surface area (TPSA) is 202 Å². The van der Waals surface area contributed by atoms with Crippen LogP contribution >= 0.6 is 0 Å². The van der Waals surface area contributed by atoms with Crippen molar-refractivity contribution in [2.45, 2.75) is 69.7 Å². The lowest BCUT2D eigenvalue weighted by atomic mass is 10.1. The lowest BCUT2D eigenvalue weighted by molar-refractivity contribution is -0.790. The van der Waals surface area contributed by atoms with Gasteiger partial charge in [-0.25, -0.2) is 0 Å². The maximum Gasteiger partial charge on any atom is 0.323 e. The van der Waals surface area contributed by atoms with E-state index in [1.54, 1.807) is 13.8 Å².